The number of anilines is 1. The van der Waals surface area contributed by atoms with Gasteiger partial charge in [-0.3, -0.25) is 14.6 Å². The average molecular weight is 466 g/mol. The lowest BCUT2D eigenvalue weighted by Crippen LogP contribution is -2.51. The first-order valence-electron chi connectivity index (χ1n) is 12.0. The van der Waals surface area contributed by atoms with E-state index in [0.29, 0.717) is 13.1 Å². The molecule has 2 aromatic heterocycles. The normalized spacial score (nSPS) is 16.6. The molecule has 7 nitrogen and oxygen atoms in total. The fourth-order valence-electron chi connectivity index (χ4n) is 5.57. The summed E-state index contributed by atoms with van der Waals surface area (Å²) in [5.74, 6) is 0.0119. The van der Waals surface area contributed by atoms with Crippen LogP contribution in [0.25, 0.3) is 10.9 Å². The van der Waals surface area contributed by atoms with Crippen LogP contribution in [0.4, 0.5) is 5.69 Å². The number of pyridine rings is 1. The van der Waals surface area contributed by atoms with Gasteiger partial charge in [-0.25, -0.2) is 0 Å². The van der Waals surface area contributed by atoms with Gasteiger partial charge in [0.1, 0.15) is 12.7 Å². The van der Waals surface area contributed by atoms with E-state index in [9.17, 15) is 9.59 Å². The van der Waals surface area contributed by atoms with Crippen molar-refractivity contribution in [2.24, 2.45) is 0 Å². The lowest BCUT2D eigenvalue weighted by molar-refractivity contribution is -0.121. The zero-order chi connectivity index (χ0) is 23.9. The molecule has 6 rings (SSSR count). The summed E-state index contributed by atoms with van der Waals surface area (Å²) >= 11 is 0. The third-order valence-electron chi connectivity index (χ3n) is 7.19. The molecular weight excluding hydrogens is 438 g/mol. The summed E-state index contributed by atoms with van der Waals surface area (Å²) in [6.07, 6.45) is 4.80. The number of fused-ring (bicyclic) bond motifs is 6. The first kappa shape index (κ1) is 21.4. The molecule has 0 aliphatic carbocycles. The Morgan fingerprint density at radius 3 is 2.69 bits per heavy atom. The Morgan fingerprint density at radius 1 is 1.06 bits per heavy atom. The quantitative estimate of drug-likeness (QED) is 0.490. The summed E-state index contributed by atoms with van der Waals surface area (Å²) in [7, 11) is 2.04. The molecule has 176 valence electrons. The van der Waals surface area contributed by atoms with Gasteiger partial charge in [0.25, 0.3) is 5.91 Å². The zero-order valence-corrected chi connectivity index (χ0v) is 19.6. The summed E-state index contributed by atoms with van der Waals surface area (Å²) in [6.45, 7) is 1.42. The fraction of sp³-hybridized carbons (Fsp3) is 0.250. The first-order valence-corrected chi connectivity index (χ1v) is 12.0. The number of carbonyl (C=O) groups is 2. The van der Waals surface area contributed by atoms with Gasteiger partial charge in [-0.1, -0.05) is 30.3 Å². The summed E-state index contributed by atoms with van der Waals surface area (Å²) in [6, 6.07) is 19.9. The predicted molar refractivity (Wildman–Crippen MR) is 135 cm³/mol. The highest BCUT2D eigenvalue weighted by Gasteiger charge is 2.42. The molecule has 0 radical (unpaired) electrons. The van der Waals surface area contributed by atoms with Gasteiger partial charge in [0.15, 0.2) is 0 Å². The van der Waals surface area contributed by atoms with Crippen LogP contribution in [0.15, 0.2) is 73.1 Å². The van der Waals surface area contributed by atoms with Gasteiger partial charge in [0.05, 0.1) is 16.9 Å². The molecule has 0 bridgehead atoms. The largest absolute Gasteiger partial charge is 0.354 e. The van der Waals surface area contributed by atoms with Gasteiger partial charge in [0, 0.05) is 43.4 Å². The Hall–Kier alpha value is -4.13. The van der Waals surface area contributed by atoms with Crippen molar-refractivity contribution >= 4 is 28.4 Å². The van der Waals surface area contributed by atoms with Crippen molar-refractivity contribution in [1.29, 1.82) is 0 Å². The summed E-state index contributed by atoms with van der Waals surface area (Å²) in [5.41, 5.74) is 6.08. The van der Waals surface area contributed by atoms with Crippen LogP contribution < -0.4 is 10.2 Å². The number of hydrogen-bond donors (Lipinski definition) is 1. The predicted octanol–water partition coefficient (Wildman–Crippen LogP) is 3.54. The van der Waals surface area contributed by atoms with Gasteiger partial charge in [0.2, 0.25) is 5.91 Å². The second-order valence-corrected chi connectivity index (χ2v) is 9.17. The fourth-order valence-corrected chi connectivity index (χ4v) is 5.57. The summed E-state index contributed by atoms with van der Waals surface area (Å²) in [4.78, 5) is 34.7. The first-order chi connectivity index (χ1) is 17.1. The molecule has 0 unspecified atom stereocenters. The summed E-state index contributed by atoms with van der Waals surface area (Å²) in [5, 5.41) is 4.23. The molecule has 4 heterocycles. The van der Waals surface area contributed by atoms with E-state index in [4.69, 9.17) is 0 Å². The van der Waals surface area contributed by atoms with Crippen molar-refractivity contribution in [3.8, 4) is 0 Å². The van der Waals surface area contributed by atoms with E-state index in [2.05, 4.69) is 31.9 Å². The maximum atomic E-state index is 13.4. The molecule has 4 aromatic rings. The Labute approximate surface area is 204 Å². The van der Waals surface area contributed by atoms with Gasteiger partial charge < -0.3 is 19.7 Å². The number of amides is 2. The van der Waals surface area contributed by atoms with Crippen molar-refractivity contribution in [3.05, 3.63) is 95.4 Å². The van der Waals surface area contributed by atoms with Crippen molar-refractivity contribution < 1.29 is 9.59 Å². The van der Waals surface area contributed by atoms with Gasteiger partial charge in [-0.15, -0.1) is 0 Å². The lowest BCUT2D eigenvalue weighted by atomic mass is 9.96. The monoisotopic (exact) mass is 465 g/mol. The highest BCUT2D eigenvalue weighted by molar-refractivity contribution is 6.02. The Bertz CT molecular complexity index is 1430. The third-order valence-corrected chi connectivity index (χ3v) is 7.19. The van der Waals surface area contributed by atoms with E-state index in [1.54, 1.807) is 12.4 Å². The van der Waals surface area contributed by atoms with Gasteiger partial charge in [-0.05, 0) is 54.3 Å². The number of benzene rings is 2. The molecule has 2 amide bonds. The van der Waals surface area contributed by atoms with Crippen LogP contribution >= 0.6 is 0 Å². The highest BCUT2D eigenvalue weighted by atomic mass is 16.2. The van der Waals surface area contributed by atoms with Crippen molar-refractivity contribution in [1.82, 2.24) is 19.8 Å². The average Bonchev–Trinajstić information content (AvgIpc) is 3.21. The van der Waals surface area contributed by atoms with Crippen LogP contribution in [0.5, 0.6) is 0 Å². The molecule has 2 aromatic carbocycles. The molecule has 35 heavy (non-hydrogen) atoms. The van der Waals surface area contributed by atoms with Gasteiger partial charge in [-0.2, -0.15) is 0 Å². The number of aromatic nitrogens is 2. The number of carbonyl (C=O) groups excluding carboxylic acids is 2. The van der Waals surface area contributed by atoms with Crippen LogP contribution in [-0.4, -0.2) is 46.4 Å². The second-order valence-electron chi connectivity index (χ2n) is 9.17. The van der Waals surface area contributed by atoms with Crippen LogP contribution in [0, 0.1) is 0 Å². The van der Waals surface area contributed by atoms with E-state index in [1.807, 2.05) is 60.5 Å². The van der Waals surface area contributed by atoms with Crippen molar-refractivity contribution in [3.63, 3.8) is 0 Å². The van der Waals surface area contributed by atoms with E-state index < -0.39 is 0 Å². The zero-order valence-electron chi connectivity index (χ0n) is 19.6. The Balaban J connectivity index is 1.35. The Morgan fingerprint density at radius 2 is 1.83 bits per heavy atom. The minimum atomic E-state index is -0.252. The molecule has 0 saturated heterocycles. The number of para-hydroxylation sites is 2. The van der Waals surface area contributed by atoms with Gasteiger partial charge >= 0.3 is 0 Å². The standard InChI is InChI=1S/C28H27N5O2/c1-31-23-8-4-3-7-22(23)28(35)32-17-13-21-20-6-2-5-9-24(20)33(26(21)27(31)32)18-25(34)30-16-12-19-10-14-29-15-11-19/h2-11,14-15,27H,12-13,16-18H2,1H3,(H,30,34)/t27-/m1/s1. The van der Waals surface area contributed by atoms with Crippen LogP contribution in [0.2, 0.25) is 0 Å². The number of nitrogens with zero attached hydrogens (tertiary/aromatic N) is 4. The maximum absolute atomic E-state index is 13.4. The molecule has 0 spiro atoms. The smallest absolute Gasteiger partial charge is 0.257 e. The van der Waals surface area contributed by atoms with E-state index in [-0.39, 0.29) is 24.5 Å². The van der Waals surface area contributed by atoms with E-state index in [1.165, 1.54) is 5.56 Å². The molecule has 2 aliphatic heterocycles. The third kappa shape index (κ3) is 3.55. The molecule has 7 heteroatoms. The van der Waals surface area contributed by atoms with E-state index >= 15 is 0 Å². The second kappa shape index (κ2) is 8.58. The minimum Gasteiger partial charge on any atom is -0.354 e. The molecular formula is C28H27N5O2. The molecule has 0 fully saturated rings. The molecule has 0 saturated carbocycles. The maximum Gasteiger partial charge on any atom is 0.257 e. The van der Waals surface area contributed by atoms with Crippen LogP contribution in [0.1, 0.15) is 33.3 Å². The van der Waals surface area contributed by atoms with Crippen molar-refractivity contribution in [2.75, 3.05) is 25.0 Å². The van der Waals surface area contributed by atoms with E-state index in [0.717, 1.165) is 46.3 Å². The molecule has 1 N–H and O–H groups in total. The van der Waals surface area contributed by atoms with Crippen molar-refractivity contribution in [2.45, 2.75) is 25.6 Å². The van der Waals surface area contributed by atoms with Crippen LogP contribution in [-0.2, 0) is 24.2 Å². The van der Waals surface area contributed by atoms with Crippen LogP contribution in [0.3, 0.4) is 0 Å². The minimum absolute atomic E-state index is 0.0371. The molecule has 2 aliphatic rings. The highest BCUT2D eigenvalue weighted by Crippen LogP contribution is 2.44. The SMILES string of the molecule is CN1c2ccccc2C(=O)N2CCc3c(n(CC(=O)NCCc4ccncc4)c4ccccc34)[C@@H]21. The number of hydrogen-bond acceptors (Lipinski definition) is 4. The lowest BCUT2D eigenvalue weighted by Gasteiger charge is -2.46. The number of rotatable bonds is 5. The molecule has 1 atom stereocenters. The topological polar surface area (TPSA) is 70.5 Å². The Kier molecular flexibility index (Phi) is 5.25. The number of nitrogens with one attached hydrogen (secondary N) is 1. The summed E-state index contributed by atoms with van der Waals surface area (Å²) < 4.78 is 2.11.